The second-order valence-electron chi connectivity index (χ2n) is 4.60. The summed E-state index contributed by atoms with van der Waals surface area (Å²) in [5.74, 6) is 0.854. The number of benzene rings is 1. The zero-order valence-electron chi connectivity index (χ0n) is 11.9. The highest BCUT2D eigenvalue weighted by Crippen LogP contribution is 2.21. The van der Waals surface area contributed by atoms with Gasteiger partial charge in [0.05, 0.1) is 0 Å². The van der Waals surface area contributed by atoms with Gasteiger partial charge in [-0.15, -0.1) is 0 Å². The third-order valence-electron chi connectivity index (χ3n) is 2.98. The van der Waals surface area contributed by atoms with E-state index in [1.165, 1.54) is 6.33 Å². The molecule has 0 saturated heterocycles. The van der Waals surface area contributed by atoms with Crippen LogP contribution in [-0.4, -0.2) is 30.6 Å². The fourth-order valence-electron chi connectivity index (χ4n) is 1.89. The first-order valence-corrected chi connectivity index (χ1v) is 7.57. The van der Waals surface area contributed by atoms with E-state index >= 15 is 0 Å². The molecule has 3 aromatic rings. The number of amides is 1. The number of nitrogens with zero attached hydrogens (tertiary/aromatic N) is 4. The molecule has 0 atom stereocenters. The Balaban J connectivity index is 1.67. The maximum absolute atomic E-state index is 12.1. The average Bonchev–Trinajstić information content (AvgIpc) is 3.17. The molecule has 0 aliphatic carbocycles. The molecule has 1 aromatic carbocycles. The van der Waals surface area contributed by atoms with Crippen LogP contribution in [0.3, 0.4) is 0 Å². The molecule has 0 saturated carbocycles. The molecule has 1 amide bonds. The van der Waals surface area contributed by atoms with Crippen molar-refractivity contribution >= 4 is 23.6 Å². The van der Waals surface area contributed by atoms with E-state index in [0.29, 0.717) is 11.5 Å². The van der Waals surface area contributed by atoms with E-state index in [4.69, 9.17) is 0 Å². The van der Waals surface area contributed by atoms with Crippen LogP contribution in [0.15, 0.2) is 48.1 Å². The molecular formula is C14H14N6OS. The minimum Gasteiger partial charge on any atom is -0.329 e. The Morgan fingerprint density at radius 3 is 3.05 bits per heavy atom. The van der Waals surface area contributed by atoms with Crippen molar-refractivity contribution in [2.24, 2.45) is 7.05 Å². The van der Waals surface area contributed by atoms with Gasteiger partial charge in [-0.3, -0.25) is 10.1 Å². The van der Waals surface area contributed by atoms with E-state index in [2.05, 4.69) is 25.5 Å². The molecular weight excluding hydrogens is 300 g/mol. The first-order chi connectivity index (χ1) is 10.7. The number of hydrogen-bond donors (Lipinski definition) is 2. The Kier molecular flexibility index (Phi) is 4.19. The molecule has 112 valence electrons. The van der Waals surface area contributed by atoms with Crippen molar-refractivity contribution in [3.63, 3.8) is 0 Å². The lowest BCUT2D eigenvalue weighted by Gasteiger charge is -2.05. The number of anilines is 1. The van der Waals surface area contributed by atoms with Crippen LogP contribution >= 0.6 is 11.8 Å². The van der Waals surface area contributed by atoms with Crippen LogP contribution < -0.4 is 5.32 Å². The SMILES string of the molecule is Cn1ccnc1SCc1cccc(C(=O)Nc2ncn[nH]2)c1. The van der Waals surface area contributed by atoms with Crippen molar-refractivity contribution in [1.82, 2.24) is 24.7 Å². The predicted octanol–water partition coefficient (Wildman–Crippen LogP) is 2.08. The fourth-order valence-corrected chi connectivity index (χ4v) is 2.76. The van der Waals surface area contributed by atoms with E-state index in [1.807, 2.05) is 36.0 Å². The summed E-state index contributed by atoms with van der Waals surface area (Å²) in [6.45, 7) is 0. The highest BCUT2D eigenvalue weighted by molar-refractivity contribution is 7.98. The smallest absolute Gasteiger partial charge is 0.258 e. The molecule has 0 fully saturated rings. The normalized spacial score (nSPS) is 10.6. The molecule has 0 aliphatic rings. The Hall–Kier alpha value is -2.61. The summed E-state index contributed by atoms with van der Waals surface area (Å²) in [6.07, 6.45) is 5.02. The van der Waals surface area contributed by atoms with E-state index in [-0.39, 0.29) is 5.91 Å². The minimum absolute atomic E-state index is 0.222. The van der Waals surface area contributed by atoms with Crippen LogP contribution in [0.5, 0.6) is 0 Å². The van der Waals surface area contributed by atoms with Crippen LogP contribution in [0.4, 0.5) is 5.95 Å². The zero-order chi connectivity index (χ0) is 15.4. The van der Waals surface area contributed by atoms with E-state index in [1.54, 1.807) is 24.0 Å². The van der Waals surface area contributed by atoms with Crippen LogP contribution in [0.2, 0.25) is 0 Å². The second kappa shape index (κ2) is 6.44. The Labute approximate surface area is 131 Å². The van der Waals surface area contributed by atoms with E-state index < -0.39 is 0 Å². The third kappa shape index (κ3) is 3.34. The lowest BCUT2D eigenvalue weighted by Crippen LogP contribution is -2.13. The first kappa shape index (κ1) is 14.3. The van der Waals surface area contributed by atoms with Gasteiger partial charge in [0.15, 0.2) is 5.16 Å². The molecule has 2 heterocycles. The Bertz CT molecular complexity index is 767. The average molecular weight is 314 g/mol. The fraction of sp³-hybridized carbons (Fsp3) is 0.143. The maximum atomic E-state index is 12.1. The quantitative estimate of drug-likeness (QED) is 0.704. The summed E-state index contributed by atoms with van der Waals surface area (Å²) in [5, 5.41) is 9.88. The van der Waals surface area contributed by atoms with Crippen LogP contribution in [0.25, 0.3) is 0 Å². The molecule has 0 spiro atoms. The summed E-state index contributed by atoms with van der Waals surface area (Å²) >= 11 is 1.62. The lowest BCUT2D eigenvalue weighted by atomic mass is 10.1. The Morgan fingerprint density at radius 2 is 2.32 bits per heavy atom. The molecule has 0 unspecified atom stereocenters. The standard InChI is InChI=1S/C14H14N6OS/c1-20-6-5-15-14(20)22-8-10-3-2-4-11(7-10)12(21)18-13-16-9-17-19-13/h2-7,9H,8H2,1H3,(H2,16,17,18,19,21). The zero-order valence-corrected chi connectivity index (χ0v) is 12.7. The monoisotopic (exact) mass is 314 g/mol. The topological polar surface area (TPSA) is 88.5 Å². The number of aromatic amines is 1. The van der Waals surface area contributed by atoms with Gasteiger partial charge < -0.3 is 4.57 Å². The molecule has 0 bridgehead atoms. The number of hydrogen-bond acceptors (Lipinski definition) is 5. The highest BCUT2D eigenvalue weighted by Gasteiger charge is 2.09. The lowest BCUT2D eigenvalue weighted by molar-refractivity contribution is 0.102. The van der Waals surface area contributed by atoms with Gasteiger partial charge in [-0.2, -0.15) is 10.1 Å². The number of nitrogens with one attached hydrogen (secondary N) is 2. The number of carbonyl (C=O) groups is 1. The number of imidazole rings is 1. The molecule has 0 radical (unpaired) electrons. The van der Waals surface area contributed by atoms with Crippen LogP contribution in [0.1, 0.15) is 15.9 Å². The first-order valence-electron chi connectivity index (χ1n) is 6.58. The van der Waals surface area contributed by atoms with E-state index in [0.717, 1.165) is 16.5 Å². The number of aromatic nitrogens is 5. The summed E-state index contributed by atoms with van der Waals surface area (Å²) < 4.78 is 1.96. The van der Waals surface area contributed by atoms with Gasteiger partial charge in [-0.25, -0.2) is 10.1 Å². The van der Waals surface area contributed by atoms with Crippen molar-refractivity contribution in [3.8, 4) is 0 Å². The summed E-state index contributed by atoms with van der Waals surface area (Å²) in [7, 11) is 1.95. The number of H-pyrrole nitrogens is 1. The van der Waals surface area contributed by atoms with Crippen molar-refractivity contribution in [2.75, 3.05) is 5.32 Å². The highest BCUT2D eigenvalue weighted by atomic mass is 32.2. The van der Waals surface area contributed by atoms with Gasteiger partial charge in [-0.1, -0.05) is 23.9 Å². The van der Waals surface area contributed by atoms with Crippen LogP contribution in [-0.2, 0) is 12.8 Å². The Morgan fingerprint density at radius 1 is 1.41 bits per heavy atom. The van der Waals surface area contributed by atoms with Gasteiger partial charge in [0.1, 0.15) is 6.33 Å². The van der Waals surface area contributed by atoms with Gasteiger partial charge in [0.2, 0.25) is 5.95 Å². The molecule has 7 nitrogen and oxygen atoms in total. The van der Waals surface area contributed by atoms with Gasteiger partial charge in [0.25, 0.3) is 5.91 Å². The molecule has 2 aromatic heterocycles. The van der Waals surface area contributed by atoms with E-state index in [9.17, 15) is 4.79 Å². The van der Waals surface area contributed by atoms with Crippen LogP contribution in [0, 0.1) is 0 Å². The number of thioether (sulfide) groups is 1. The van der Waals surface area contributed by atoms with Crippen molar-refractivity contribution < 1.29 is 4.79 Å². The second-order valence-corrected chi connectivity index (χ2v) is 5.54. The largest absolute Gasteiger partial charge is 0.329 e. The minimum atomic E-state index is -0.222. The van der Waals surface area contributed by atoms with Crippen molar-refractivity contribution in [3.05, 3.63) is 54.1 Å². The maximum Gasteiger partial charge on any atom is 0.258 e. The van der Waals surface area contributed by atoms with Gasteiger partial charge in [-0.05, 0) is 17.7 Å². The number of rotatable bonds is 5. The van der Waals surface area contributed by atoms with Crippen molar-refractivity contribution in [1.29, 1.82) is 0 Å². The number of carbonyl (C=O) groups excluding carboxylic acids is 1. The molecule has 2 N–H and O–H groups in total. The summed E-state index contributed by atoms with van der Waals surface area (Å²) in [6, 6.07) is 7.48. The number of aryl methyl sites for hydroxylation is 1. The third-order valence-corrected chi connectivity index (χ3v) is 4.11. The predicted molar refractivity (Wildman–Crippen MR) is 83.5 cm³/mol. The molecule has 3 rings (SSSR count). The van der Waals surface area contributed by atoms with Crippen molar-refractivity contribution in [2.45, 2.75) is 10.9 Å². The van der Waals surface area contributed by atoms with Gasteiger partial charge >= 0.3 is 0 Å². The summed E-state index contributed by atoms with van der Waals surface area (Å²) in [5.41, 5.74) is 1.63. The molecule has 8 heteroatoms. The molecule has 22 heavy (non-hydrogen) atoms. The molecule has 0 aliphatic heterocycles. The van der Waals surface area contributed by atoms with Gasteiger partial charge in [0, 0.05) is 30.8 Å². The summed E-state index contributed by atoms with van der Waals surface area (Å²) in [4.78, 5) is 20.3.